The van der Waals surface area contributed by atoms with Crippen LogP contribution >= 0.6 is 24.8 Å². The predicted octanol–water partition coefficient (Wildman–Crippen LogP) is 2.80. The fourth-order valence-corrected chi connectivity index (χ4v) is 3.18. The molecule has 0 radical (unpaired) electrons. The molecule has 1 aromatic carbocycles. The Morgan fingerprint density at radius 1 is 1.21 bits per heavy atom. The zero-order valence-corrected chi connectivity index (χ0v) is 18.6. The molecule has 6 nitrogen and oxygen atoms in total. The summed E-state index contributed by atoms with van der Waals surface area (Å²) in [5.41, 5.74) is 7.73. The third-order valence-corrected chi connectivity index (χ3v) is 4.83. The number of hydrogen-bond acceptors (Lipinski definition) is 4. The Balaban J connectivity index is 0.00000364. The minimum absolute atomic E-state index is 0. The van der Waals surface area contributed by atoms with E-state index in [1.807, 2.05) is 38.1 Å². The molecule has 2 atom stereocenters. The van der Waals surface area contributed by atoms with Gasteiger partial charge in [0.15, 0.2) is 0 Å². The van der Waals surface area contributed by atoms with E-state index in [-0.39, 0.29) is 49.1 Å². The zero-order valence-electron chi connectivity index (χ0n) is 16.9. The van der Waals surface area contributed by atoms with Crippen LogP contribution in [0.3, 0.4) is 0 Å². The number of anilines is 1. The van der Waals surface area contributed by atoms with Crippen molar-refractivity contribution >= 4 is 42.3 Å². The lowest BCUT2D eigenvalue weighted by Crippen LogP contribution is -2.46. The summed E-state index contributed by atoms with van der Waals surface area (Å²) in [5.74, 6) is 0.239. The van der Waals surface area contributed by atoms with Gasteiger partial charge < -0.3 is 16.4 Å². The number of benzene rings is 1. The number of nitrogens with zero attached hydrogens (tertiary/aromatic N) is 1. The van der Waals surface area contributed by atoms with E-state index < -0.39 is 6.04 Å². The van der Waals surface area contributed by atoms with Crippen LogP contribution < -0.4 is 16.4 Å². The topological polar surface area (TPSA) is 87.5 Å². The molecule has 0 bridgehead atoms. The summed E-state index contributed by atoms with van der Waals surface area (Å²) in [5, 5.41) is 5.37. The Morgan fingerprint density at radius 2 is 1.86 bits per heavy atom. The Hall–Kier alpha value is -1.34. The molecular weight excluding hydrogens is 399 g/mol. The highest BCUT2D eigenvalue weighted by atomic mass is 35.5. The molecule has 1 fully saturated rings. The number of nitrogens with one attached hydrogen (secondary N) is 2. The van der Waals surface area contributed by atoms with E-state index in [0.717, 1.165) is 31.2 Å². The predicted molar refractivity (Wildman–Crippen MR) is 119 cm³/mol. The molecule has 0 saturated carbocycles. The summed E-state index contributed by atoms with van der Waals surface area (Å²) < 4.78 is 0. The minimum atomic E-state index is -0.598. The second-order valence-electron chi connectivity index (χ2n) is 7.72. The van der Waals surface area contributed by atoms with Crippen LogP contribution in [-0.4, -0.2) is 42.4 Å². The van der Waals surface area contributed by atoms with Crippen LogP contribution in [0.25, 0.3) is 0 Å². The number of likely N-dealkylation sites (tertiary alicyclic amines) is 1. The largest absolute Gasteiger partial charge is 0.346 e. The molecule has 0 aliphatic carbocycles. The van der Waals surface area contributed by atoms with Crippen molar-refractivity contribution < 1.29 is 9.59 Å². The molecule has 0 aromatic heterocycles. The molecule has 8 heteroatoms. The lowest BCUT2D eigenvalue weighted by Gasteiger charge is -2.30. The van der Waals surface area contributed by atoms with E-state index in [2.05, 4.69) is 22.5 Å². The molecule has 2 rings (SSSR count). The SMILES string of the molecule is CC1CCCN(Cc2ccc(NC(=O)CNC(=O)[C@@H](N)C(C)C)cc2)C1.Cl.Cl. The molecule has 1 aliphatic rings. The summed E-state index contributed by atoms with van der Waals surface area (Å²) in [6.45, 7) is 9.22. The van der Waals surface area contributed by atoms with Gasteiger partial charge in [0.05, 0.1) is 12.6 Å². The molecule has 1 heterocycles. The first kappa shape index (κ1) is 26.7. The van der Waals surface area contributed by atoms with Crippen LogP contribution in [0, 0.1) is 11.8 Å². The van der Waals surface area contributed by atoms with Crippen molar-refractivity contribution in [2.24, 2.45) is 17.6 Å². The van der Waals surface area contributed by atoms with Gasteiger partial charge in [-0.05, 0) is 48.9 Å². The van der Waals surface area contributed by atoms with Gasteiger partial charge in [0.1, 0.15) is 0 Å². The summed E-state index contributed by atoms with van der Waals surface area (Å²) in [7, 11) is 0. The molecule has 1 unspecified atom stereocenters. The molecule has 1 aromatic rings. The van der Waals surface area contributed by atoms with Crippen molar-refractivity contribution in [3.8, 4) is 0 Å². The number of carbonyl (C=O) groups excluding carboxylic acids is 2. The second-order valence-corrected chi connectivity index (χ2v) is 7.72. The van der Waals surface area contributed by atoms with E-state index in [9.17, 15) is 9.59 Å². The number of nitrogens with two attached hydrogens (primary N) is 1. The number of amides is 2. The first-order chi connectivity index (χ1) is 12.3. The third-order valence-electron chi connectivity index (χ3n) is 4.83. The van der Waals surface area contributed by atoms with Crippen molar-refractivity contribution in [1.82, 2.24) is 10.2 Å². The van der Waals surface area contributed by atoms with E-state index in [1.165, 1.54) is 18.4 Å². The molecule has 28 heavy (non-hydrogen) atoms. The average molecular weight is 433 g/mol. The van der Waals surface area contributed by atoms with Crippen molar-refractivity contribution in [2.45, 2.75) is 46.2 Å². The highest BCUT2D eigenvalue weighted by molar-refractivity contribution is 5.95. The van der Waals surface area contributed by atoms with Gasteiger partial charge in [-0.15, -0.1) is 24.8 Å². The molecule has 1 saturated heterocycles. The summed E-state index contributed by atoms with van der Waals surface area (Å²) >= 11 is 0. The van der Waals surface area contributed by atoms with E-state index in [1.54, 1.807) is 0 Å². The Labute approximate surface area is 180 Å². The van der Waals surface area contributed by atoms with Crippen LogP contribution in [0.1, 0.15) is 39.2 Å². The lowest BCUT2D eigenvalue weighted by molar-refractivity contribution is -0.125. The van der Waals surface area contributed by atoms with Crippen molar-refractivity contribution in [3.05, 3.63) is 29.8 Å². The van der Waals surface area contributed by atoms with Gasteiger partial charge in [0, 0.05) is 18.8 Å². The lowest BCUT2D eigenvalue weighted by atomic mass is 10.00. The highest BCUT2D eigenvalue weighted by Gasteiger charge is 2.18. The number of piperidine rings is 1. The van der Waals surface area contributed by atoms with Crippen LogP contribution in [-0.2, 0) is 16.1 Å². The fraction of sp³-hybridized carbons (Fsp3) is 0.600. The number of carbonyl (C=O) groups is 2. The quantitative estimate of drug-likeness (QED) is 0.617. The monoisotopic (exact) mass is 432 g/mol. The Morgan fingerprint density at radius 3 is 2.43 bits per heavy atom. The highest BCUT2D eigenvalue weighted by Crippen LogP contribution is 2.18. The van der Waals surface area contributed by atoms with E-state index in [0.29, 0.717) is 0 Å². The zero-order chi connectivity index (χ0) is 19.1. The van der Waals surface area contributed by atoms with Gasteiger partial charge in [-0.3, -0.25) is 14.5 Å². The fourth-order valence-electron chi connectivity index (χ4n) is 3.18. The first-order valence-corrected chi connectivity index (χ1v) is 9.49. The molecular formula is C20H34Cl2N4O2. The molecule has 1 aliphatic heterocycles. The summed E-state index contributed by atoms with van der Waals surface area (Å²) in [4.78, 5) is 26.2. The van der Waals surface area contributed by atoms with Gasteiger partial charge in [-0.25, -0.2) is 0 Å². The Bertz CT molecular complexity index is 611. The van der Waals surface area contributed by atoms with E-state index in [4.69, 9.17) is 5.73 Å². The maximum absolute atomic E-state index is 12.0. The van der Waals surface area contributed by atoms with Crippen molar-refractivity contribution in [2.75, 3.05) is 25.0 Å². The van der Waals surface area contributed by atoms with Gasteiger partial charge >= 0.3 is 0 Å². The standard InChI is InChI=1S/C20H32N4O2.2ClH/c1-14(2)19(21)20(26)22-11-18(25)23-17-8-6-16(7-9-17)13-24-10-4-5-15(3)12-24;;/h6-9,14-15,19H,4-5,10-13,21H2,1-3H3,(H,22,26)(H,23,25);2*1H/t15?,19-;;/m0../s1. The number of rotatable bonds is 7. The normalized spacial score (nSPS) is 17.8. The molecule has 2 amide bonds. The van der Waals surface area contributed by atoms with Crippen molar-refractivity contribution in [3.63, 3.8) is 0 Å². The van der Waals surface area contributed by atoms with Crippen LogP contribution in [0.15, 0.2) is 24.3 Å². The smallest absolute Gasteiger partial charge is 0.243 e. The molecule has 0 spiro atoms. The summed E-state index contributed by atoms with van der Waals surface area (Å²) in [6, 6.07) is 7.30. The average Bonchev–Trinajstić information content (AvgIpc) is 2.60. The van der Waals surface area contributed by atoms with Gasteiger partial charge in [-0.2, -0.15) is 0 Å². The third kappa shape index (κ3) is 8.78. The van der Waals surface area contributed by atoms with Gasteiger partial charge in [-0.1, -0.05) is 32.9 Å². The molecule has 160 valence electrons. The van der Waals surface area contributed by atoms with Crippen LogP contribution in [0.5, 0.6) is 0 Å². The van der Waals surface area contributed by atoms with Gasteiger partial charge in [0.25, 0.3) is 0 Å². The minimum Gasteiger partial charge on any atom is -0.346 e. The summed E-state index contributed by atoms with van der Waals surface area (Å²) in [6.07, 6.45) is 2.58. The van der Waals surface area contributed by atoms with Crippen LogP contribution in [0.4, 0.5) is 5.69 Å². The number of halogens is 2. The number of hydrogen-bond donors (Lipinski definition) is 3. The molecule has 4 N–H and O–H groups in total. The Kier molecular flexibility index (Phi) is 12.4. The first-order valence-electron chi connectivity index (χ1n) is 9.49. The van der Waals surface area contributed by atoms with Crippen molar-refractivity contribution in [1.29, 1.82) is 0 Å². The van der Waals surface area contributed by atoms with Crippen LogP contribution in [0.2, 0.25) is 0 Å². The maximum atomic E-state index is 12.0. The second kappa shape index (κ2) is 13.0. The maximum Gasteiger partial charge on any atom is 0.243 e. The van der Waals surface area contributed by atoms with E-state index >= 15 is 0 Å². The van der Waals surface area contributed by atoms with Gasteiger partial charge in [0.2, 0.25) is 11.8 Å².